The summed E-state index contributed by atoms with van der Waals surface area (Å²) >= 11 is 0. The molecule has 0 unspecified atom stereocenters. The van der Waals surface area contributed by atoms with Crippen LogP contribution in [0.25, 0.3) is 6.08 Å². The topological polar surface area (TPSA) is 63.6 Å². The summed E-state index contributed by atoms with van der Waals surface area (Å²) in [6.07, 6.45) is 3.27. The van der Waals surface area contributed by atoms with Crippen LogP contribution in [-0.4, -0.2) is 23.7 Å². The molecule has 90 valence electrons. The van der Waals surface area contributed by atoms with E-state index < -0.39 is 11.9 Å². The third kappa shape index (κ3) is 6.14. The van der Waals surface area contributed by atoms with Crippen molar-refractivity contribution in [3.63, 3.8) is 0 Å². The number of carbonyl (C=O) groups is 2. The van der Waals surface area contributed by atoms with E-state index in [-0.39, 0.29) is 19.4 Å². The molecule has 17 heavy (non-hydrogen) atoms. The van der Waals surface area contributed by atoms with Crippen molar-refractivity contribution in [1.82, 2.24) is 0 Å². The largest absolute Gasteiger partial charge is 0.481 e. The number of carboxylic acids is 1. The molecule has 4 nitrogen and oxygen atoms in total. The fourth-order valence-corrected chi connectivity index (χ4v) is 1.17. The number of rotatable bonds is 6. The van der Waals surface area contributed by atoms with Crippen LogP contribution < -0.4 is 0 Å². The molecule has 0 aliphatic rings. The lowest BCUT2D eigenvalue weighted by Gasteiger charge is -1.99. The van der Waals surface area contributed by atoms with E-state index in [1.165, 1.54) is 0 Å². The van der Waals surface area contributed by atoms with Gasteiger partial charge in [-0.15, -0.1) is 0 Å². The molecule has 0 aromatic heterocycles. The summed E-state index contributed by atoms with van der Waals surface area (Å²) in [5.41, 5.74) is 1.02. The van der Waals surface area contributed by atoms with E-state index in [0.29, 0.717) is 0 Å². The molecule has 1 rings (SSSR count). The molecule has 1 aromatic rings. The zero-order valence-corrected chi connectivity index (χ0v) is 9.33. The van der Waals surface area contributed by atoms with Gasteiger partial charge in [-0.2, -0.15) is 0 Å². The number of carboxylic acid groups (broad SMARTS) is 1. The standard InChI is InChI=1S/C13H14O4/c14-12(15)8-9-13(16)17-10-4-7-11-5-2-1-3-6-11/h1-7H,8-10H2,(H,14,15)/b7-4-. The van der Waals surface area contributed by atoms with Crippen molar-refractivity contribution in [2.45, 2.75) is 12.8 Å². The first-order chi connectivity index (χ1) is 8.18. The molecular weight excluding hydrogens is 220 g/mol. The first-order valence-corrected chi connectivity index (χ1v) is 5.27. The smallest absolute Gasteiger partial charge is 0.306 e. The van der Waals surface area contributed by atoms with E-state index in [1.807, 2.05) is 36.4 Å². The zero-order valence-electron chi connectivity index (χ0n) is 9.33. The van der Waals surface area contributed by atoms with Gasteiger partial charge < -0.3 is 9.84 Å². The van der Waals surface area contributed by atoms with Gasteiger partial charge in [0.25, 0.3) is 0 Å². The molecule has 0 bridgehead atoms. The van der Waals surface area contributed by atoms with Gasteiger partial charge in [0, 0.05) is 0 Å². The summed E-state index contributed by atoms with van der Waals surface area (Å²) in [6.45, 7) is 0.160. The fraction of sp³-hybridized carbons (Fsp3) is 0.231. The number of aliphatic carboxylic acids is 1. The zero-order chi connectivity index (χ0) is 12.5. The van der Waals surface area contributed by atoms with Crippen molar-refractivity contribution in [3.05, 3.63) is 42.0 Å². The van der Waals surface area contributed by atoms with E-state index in [2.05, 4.69) is 0 Å². The molecule has 1 N–H and O–H groups in total. The van der Waals surface area contributed by atoms with E-state index in [4.69, 9.17) is 9.84 Å². The Morgan fingerprint density at radius 1 is 1.18 bits per heavy atom. The van der Waals surface area contributed by atoms with Crippen LogP contribution in [0.2, 0.25) is 0 Å². The number of benzene rings is 1. The highest BCUT2D eigenvalue weighted by atomic mass is 16.5. The second kappa shape index (κ2) is 7.22. The van der Waals surface area contributed by atoms with E-state index in [1.54, 1.807) is 6.08 Å². The number of hydrogen-bond acceptors (Lipinski definition) is 3. The second-order valence-corrected chi connectivity index (χ2v) is 3.39. The van der Waals surface area contributed by atoms with Gasteiger partial charge in [0.05, 0.1) is 12.8 Å². The lowest BCUT2D eigenvalue weighted by molar-refractivity contribution is -0.146. The van der Waals surface area contributed by atoms with Crippen LogP contribution in [0.15, 0.2) is 36.4 Å². The highest BCUT2D eigenvalue weighted by Gasteiger charge is 2.04. The van der Waals surface area contributed by atoms with Crippen LogP contribution >= 0.6 is 0 Å². The normalized spacial score (nSPS) is 10.4. The Labute approximate surface area is 99.5 Å². The van der Waals surface area contributed by atoms with Gasteiger partial charge in [0.2, 0.25) is 0 Å². The summed E-state index contributed by atoms with van der Waals surface area (Å²) < 4.78 is 4.83. The Morgan fingerprint density at radius 2 is 1.88 bits per heavy atom. The van der Waals surface area contributed by atoms with Crippen LogP contribution in [0.4, 0.5) is 0 Å². The number of carbonyl (C=O) groups excluding carboxylic acids is 1. The van der Waals surface area contributed by atoms with Gasteiger partial charge in [-0.05, 0) is 11.6 Å². The Morgan fingerprint density at radius 3 is 2.53 bits per heavy atom. The Bertz CT molecular complexity index is 395. The Hall–Kier alpha value is -2.10. The van der Waals surface area contributed by atoms with Gasteiger partial charge >= 0.3 is 11.9 Å². The third-order valence-corrected chi connectivity index (χ3v) is 1.99. The van der Waals surface area contributed by atoms with E-state index in [9.17, 15) is 9.59 Å². The molecule has 0 radical (unpaired) electrons. The van der Waals surface area contributed by atoms with Crippen LogP contribution in [0.1, 0.15) is 18.4 Å². The third-order valence-electron chi connectivity index (χ3n) is 1.99. The molecule has 0 fully saturated rings. The van der Waals surface area contributed by atoms with Gasteiger partial charge in [-0.1, -0.05) is 36.4 Å². The second-order valence-electron chi connectivity index (χ2n) is 3.39. The molecule has 0 aliphatic heterocycles. The molecule has 0 saturated heterocycles. The van der Waals surface area contributed by atoms with Crippen molar-refractivity contribution in [2.24, 2.45) is 0 Å². The highest BCUT2D eigenvalue weighted by Crippen LogP contribution is 2.01. The average molecular weight is 234 g/mol. The molecule has 0 heterocycles. The monoisotopic (exact) mass is 234 g/mol. The Balaban J connectivity index is 2.21. The van der Waals surface area contributed by atoms with E-state index >= 15 is 0 Å². The van der Waals surface area contributed by atoms with Gasteiger partial charge in [-0.25, -0.2) is 0 Å². The number of esters is 1. The predicted molar refractivity (Wildman–Crippen MR) is 63.3 cm³/mol. The van der Waals surface area contributed by atoms with Gasteiger partial charge in [0.15, 0.2) is 0 Å². The van der Waals surface area contributed by atoms with Crippen LogP contribution in [0.3, 0.4) is 0 Å². The maximum Gasteiger partial charge on any atom is 0.306 e. The molecule has 0 saturated carbocycles. The first kappa shape index (κ1) is 13.0. The number of hydrogen-bond donors (Lipinski definition) is 1. The van der Waals surface area contributed by atoms with Crippen molar-refractivity contribution < 1.29 is 19.4 Å². The molecule has 0 atom stereocenters. The lowest BCUT2D eigenvalue weighted by atomic mass is 10.2. The maximum absolute atomic E-state index is 11.0. The molecule has 0 spiro atoms. The van der Waals surface area contributed by atoms with Crippen molar-refractivity contribution in [1.29, 1.82) is 0 Å². The van der Waals surface area contributed by atoms with Crippen LogP contribution in [0.5, 0.6) is 0 Å². The van der Waals surface area contributed by atoms with Gasteiger partial charge in [-0.3, -0.25) is 9.59 Å². The minimum absolute atomic E-state index is 0.0888. The number of ether oxygens (including phenoxy) is 1. The van der Waals surface area contributed by atoms with Crippen LogP contribution in [0, 0.1) is 0 Å². The van der Waals surface area contributed by atoms with Crippen molar-refractivity contribution in [2.75, 3.05) is 6.61 Å². The summed E-state index contributed by atoms with van der Waals surface area (Å²) in [7, 11) is 0. The minimum Gasteiger partial charge on any atom is -0.481 e. The summed E-state index contributed by atoms with van der Waals surface area (Å²) in [5, 5.41) is 8.36. The van der Waals surface area contributed by atoms with Crippen LogP contribution in [-0.2, 0) is 14.3 Å². The molecule has 0 aliphatic carbocycles. The predicted octanol–water partition coefficient (Wildman–Crippen LogP) is 2.11. The summed E-state index contributed by atoms with van der Waals surface area (Å²) in [5.74, 6) is -1.49. The van der Waals surface area contributed by atoms with Crippen molar-refractivity contribution >= 4 is 18.0 Å². The van der Waals surface area contributed by atoms with Gasteiger partial charge in [0.1, 0.15) is 6.61 Å². The summed E-state index contributed by atoms with van der Waals surface area (Å²) in [4.78, 5) is 21.2. The fourth-order valence-electron chi connectivity index (χ4n) is 1.17. The molecular formula is C13H14O4. The maximum atomic E-state index is 11.0. The lowest BCUT2D eigenvalue weighted by Crippen LogP contribution is -2.07. The minimum atomic E-state index is -0.998. The highest BCUT2D eigenvalue weighted by molar-refractivity contribution is 5.76. The quantitative estimate of drug-likeness (QED) is 0.765. The first-order valence-electron chi connectivity index (χ1n) is 5.27. The SMILES string of the molecule is O=C(O)CCC(=O)OC/C=C\c1ccccc1. The molecule has 1 aromatic carbocycles. The Kier molecular flexibility index (Phi) is 5.51. The van der Waals surface area contributed by atoms with Crippen molar-refractivity contribution in [3.8, 4) is 0 Å². The molecule has 4 heteroatoms. The average Bonchev–Trinajstić information content (AvgIpc) is 2.33. The summed E-state index contributed by atoms with van der Waals surface area (Å²) in [6, 6.07) is 9.62. The molecule has 0 amide bonds. The van der Waals surface area contributed by atoms with E-state index in [0.717, 1.165) is 5.56 Å².